The summed E-state index contributed by atoms with van der Waals surface area (Å²) in [4.78, 5) is 15.0. The van der Waals surface area contributed by atoms with Crippen LogP contribution in [0.4, 0.5) is 30.2 Å². The van der Waals surface area contributed by atoms with Gasteiger partial charge in [-0.05, 0) is 37.8 Å². The lowest BCUT2D eigenvalue weighted by Crippen LogP contribution is -2.40. The van der Waals surface area contributed by atoms with Crippen LogP contribution in [0, 0.1) is 5.92 Å². The van der Waals surface area contributed by atoms with Crippen LogP contribution in [-0.4, -0.2) is 43.3 Å². The minimum absolute atomic E-state index is 0.0604. The van der Waals surface area contributed by atoms with Crippen LogP contribution in [0.15, 0.2) is 12.1 Å². The number of thioether (sulfide) groups is 1. The molecule has 0 bridgehead atoms. The molecule has 1 aliphatic carbocycles. The van der Waals surface area contributed by atoms with E-state index in [1.807, 2.05) is 6.07 Å². The van der Waals surface area contributed by atoms with Crippen LogP contribution in [0.25, 0.3) is 0 Å². The molecule has 0 atom stereocenters. The fraction of sp³-hybridized carbons (Fsp3) is 0.611. The van der Waals surface area contributed by atoms with Gasteiger partial charge in [0.25, 0.3) is 5.91 Å². The molecule has 1 aliphatic heterocycles. The summed E-state index contributed by atoms with van der Waals surface area (Å²) in [6.45, 7) is 0.842. The maximum atomic E-state index is 12.9. The van der Waals surface area contributed by atoms with E-state index < -0.39 is 12.1 Å². The van der Waals surface area contributed by atoms with E-state index in [1.54, 1.807) is 24.9 Å². The summed E-state index contributed by atoms with van der Waals surface area (Å²) in [5.74, 6) is 0.256. The lowest BCUT2D eigenvalue weighted by Gasteiger charge is -2.31. The molecule has 0 spiro atoms. The fourth-order valence-corrected chi connectivity index (χ4v) is 4.66. The Kier molecular flexibility index (Phi) is 5.98. The zero-order valence-corrected chi connectivity index (χ0v) is 16.1. The second-order valence-electron chi connectivity index (χ2n) is 7.07. The van der Waals surface area contributed by atoms with Crippen molar-refractivity contribution in [2.45, 2.75) is 37.9 Å². The maximum absolute atomic E-state index is 12.9. The monoisotopic (exact) mass is 402 g/mol. The first-order chi connectivity index (χ1) is 12.8. The topological polar surface area (TPSA) is 70.4 Å². The first-order valence-electron chi connectivity index (χ1n) is 9.11. The molecule has 3 rings (SSSR count). The number of hydrogen-bond donors (Lipinski definition) is 3. The zero-order valence-electron chi connectivity index (χ0n) is 15.2. The molecule has 2 aliphatic rings. The predicted octanol–water partition coefficient (Wildman–Crippen LogP) is 3.67. The Labute approximate surface area is 161 Å². The van der Waals surface area contributed by atoms with E-state index in [4.69, 9.17) is 5.73 Å². The number of nitrogens with two attached hydrogens (primary N) is 1. The van der Waals surface area contributed by atoms with Crippen molar-refractivity contribution >= 4 is 34.7 Å². The van der Waals surface area contributed by atoms with Crippen LogP contribution in [-0.2, 0) is 0 Å². The second kappa shape index (κ2) is 8.08. The number of nitrogens with zero attached hydrogens (tertiary/aromatic N) is 1. The summed E-state index contributed by atoms with van der Waals surface area (Å²) < 4.78 is 38.5. The summed E-state index contributed by atoms with van der Waals surface area (Å²) in [6, 6.07) is 3.29. The molecule has 4 N–H and O–H groups in total. The van der Waals surface area contributed by atoms with Crippen molar-refractivity contribution in [2.75, 3.05) is 41.2 Å². The van der Waals surface area contributed by atoms with Gasteiger partial charge < -0.3 is 21.3 Å². The van der Waals surface area contributed by atoms with E-state index in [0.29, 0.717) is 24.1 Å². The number of hydrogen-bond acceptors (Lipinski definition) is 5. The Morgan fingerprint density at radius 3 is 2.52 bits per heavy atom. The van der Waals surface area contributed by atoms with Gasteiger partial charge >= 0.3 is 6.18 Å². The van der Waals surface area contributed by atoms with Gasteiger partial charge in [0.05, 0.1) is 34.4 Å². The van der Waals surface area contributed by atoms with Crippen LogP contribution in [0.2, 0.25) is 0 Å². The summed E-state index contributed by atoms with van der Waals surface area (Å²) in [5, 5.41) is 5.95. The molecule has 1 saturated heterocycles. The van der Waals surface area contributed by atoms with Gasteiger partial charge in [0.15, 0.2) is 0 Å². The molecule has 1 saturated carbocycles. The fourth-order valence-electron chi connectivity index (χ4n) is 3.70. The van der Waals surface area contributed by atoms with E-state index in [0.717, 1.165) is 29.5 Å². The lowest BCUT2D eigenvalue weighted by molar-refractivity contribution is -0.182. The van der Waals surface area contributed by atoms with Crippen molar-refractivity contribution in [1.82, 2.24) is 5.32 Å². The highest BCUT2D eigenvalue weighted by Gasteiger charge is 2.41. The quantitative estimate of drug-likeness (QED) is 0.671. The van der Waals surface area contributed by atoms with Crippen molar-refractivity contribution in [2.24, 2.45) is 5.92 Å². The highest BCUT2D eigenvalue weighted by molar-refractivity contribution is 7.99. The normalized spacial score (nSPS) is 23.3. The van der Waals surface area contributed by atoms with Crippen LogP contribution >= 0.6 is 11.8 Å². The molecule has 0 aromatic heterocycles. The summed E-state index contributed by atoms with van der Waals surface area (Å²) in [7, 11) is 1.77. The molecular formula is C18H25F3N4OS. The molecular weight excluding hydrogens is 377 g/mol. The number of nitrogen functional groups attached to an aromatic ring is 1. The smallest absolute Gasteiger partial charge is 0.391 e. The van der Waals surface area contributed by atoms with E-state index in [9.17, 15) is 18.0 Å². The minimum Gasteiger partial charge on any atom is -0.397 e. The third-order valence-electron chi connectivity index (χ3n) is 5.30. The van der Waals surface area contributed by atoms with Crippen molar-refractivity contribution < 1.29 is 18.0 Å². The number of benzene rings is 1. The lowest BCUT2D eigenvalue weighted by atomic mass is 9.85. The van der Waals surface area contributed by atoms with Crippen LogP contribution < -0.4 is 21.3 Å². The SMILES string of the molecule is CNc1cc(N2CCSC2)c(C(=O)NC2CCC(C(F)(F)F)CC2)cc1N. The number of carbonyl (C=O) groups excluding carboxylic acids is 1. The Morgan fingerprint density at radius 1 is 1.26 bits per heavy atom. The number of nitrogens with one attached hydrogen (secondary N) is 2. The van der Waals surface area contributed by atoms with Gasteiger partial charge in [0.1, 0.15) is 0 Å². The Morgan fingerprint density at radius 2 is 1.96 bits per heavy atom. The van der Waals surface area contributed by atoms with Gasteiger partial charge in [-0.2, -0.15) is 13.2 Å². The second-order valence-corrected chi connectivity index (χ2v) is 8.15. The van der Waals surface area contributed by atoms with Crippen LogP contribution in [0.5, 0.6) is 0 Å². The molecule has 0 unspecified atom stereocenters. The number of rotatable bonds is 4. The first kappa shape index (κ1) is 20.0. The minimum atomic E-state index is -4.15. The predicted molar refractivity (Wildman–Crippen MR) is 104 cm³/mol. The molecule has 1 heterocycles. The van der Waals surface area contributed by atoms with Crippen molar-refractivity contribution in [1.29, 1.82) is 0 Å². The van der Waals surface area contributed by atoms with E-state index in [1.165, 1.54) is 0 Å². The van der Waals surface area contributed by atoms with Gasteiger partial charge in [-0.25, -0.2) is 0 Å². The number of alkyl halides is 3. The van der Waals surface area contributed by atoms with Gasteiger partial charge in [-0.15, -0.1) is 11.8 Å². The highest BCUT2D eigenvalue weighted by Crippen LogP contribution is 2.38. The largest absolute Gasteiger partial charge is 0.397 e. The molecule has 150 valence electrons. The average Bonchev–Trinajstić information content (AvgIpc) is 3.15. The number of halogens is 3. The highest BCUT2D eigenvalue weighted by atomic mass is 32.2. The van der Waals surface area contributed by atoms with E-state index in [2.05, 4.69) is 15.5 Å². The Bertz CT molecular complexity index is 684. The summed E-state index contributed by atoms with van der Waals surface area (Å²) in [5.41, 5.74) is 8.55. The third-order valence-corrected chi connectivity index (χ3v) is 6.27. The van der Waals surface area contributed by atoms with Gasteiger partial charge in [0.2, 0.25) is 0 Å². The van der Waals surface area contributed by atoms with Gasteiger partial charge in [-0.1, -0.05) is 0 Å². The van der Waals surface area contributed by atoms with Gasteiger partial charge in [0, 0.05) is 25.4 Å². The first-order valence-corrected chi connectivity index (χ1v) is 10.3. The molecule has 27 heavy (non-hydrogen) atoms. The van der Waals surface area contributed by atoms with Crippen molar-refractivity contribution in [3.63, 3.8) is 0 Å². The van der Waals surface area contributed by atoms with Crippen molar-refractivity contribution in [3.8, 4) is 0 Å². The summed E-state index contributed by atoms with van der Waals surface area (Å²) in [6.07, 6.45) is -3.34. The molecule has 1 amide bonds. The number of carbonyl (C=O) groups is 1. The molecule has 2 fully saturated rings. The molecule has 9 heteroatoms. The van der Waals surface area contributed by atoms with Gasteiger partial charge in [-0.3, -0.25) is 4.79 Å². The number of amides is 1. The van der Waals surface area contributed by atoms with E-state index >= 15 is 0 Å². The van der Waals surface area contributed by atoms with E-state index in [-0.39, 0.29) is 24.8 Å². The molecule has 1 aromatic rings. The molecule has 1 aromatic carbocycles. The van der Waals surface area contributed by atoms with Crippen LogP contribution in [0.1, 0.15) is 36.0 Å². The third kappa shape index (κ3) is 4.56. The molecule has 5 nitrogen and oxygen atoms in total. The van der Waals surface area contributed by atoms with Crippen molar-refractivity contribution in [3.05, 3.63) is 17.7 Å². The Hall–Kier alpha value is -1.77. The standard InChI is InChI=1S/C18H25F3N4OS/c1-23-15-9-16(25-6-7-27-10-25)13(8-14(15)22)17(26)24-12-4-2-11(3-5-12)18(19,20)21/h8-9,11-12,23H,2-7,10,22H2,1H3,(H,24,26). The molecule has 0 radical (unpaired) electrons. The number of anilines is 3. The summed E-state index contributed by atoms with van der Waals surface area (Å²) >= 11 is 1.79. The zero-order chi connectivity index (χ0) is 19.6. The average molecular weight is 402 g/mol. The Balaban J connectivity index is 1.73. The maximum Gasteiger partial charge on any atom is 0.391 e. The van der Waals surface area contributed by atoms with Crippen LogP contribution in [0.3, 0.4) is 0 Å².